The molecule has 1 saturated heterocycles. The molecular weight excluding hydrogens is 381 g/mol. The molecule has 0 amide bonds. The molecule has 148 valence electrons. The van der Waals surface area contributed by atoms with Gasteiger partial charge < -0.3 is 18.6 Å². The minimum atomic E-state index is -1.15. The maximum absolute atomic E-state index is 6.30. The molecule has 0 bridgehead atoms. The van der Waals surface area contributed by atoms with Gasteiger partial charge in [0.2, 0.25) is 0 Å². The highest BCUT2D eigenvalue weighted by atomic mass is 35.5. The van der Waals surface area contributed by atoms with E-state index in [-0.39, 0.29) is 0 Å². The maximum atomic E-state index is 6.30. The van der Waals surface area contributed by atoms with Crippen molar-refractivity contribution in [3.63, 3.8) is 0 Å². The molecule has 9 heteroatoms. The van der Waals surface area contributed by atoms with Crippen molar-refractivity contribution in [3.8, 4) is 0 Å². The fraction of sp³-hybridized carbons (Fsp3) is 0.667. The van der Waals surface area contributed by atoms with Crippen LogP contribution in [-0.4, -0.2) is 47.5 Å². The van der Waals surface area contributed by atoms with E-state index in [4.69, 9.17) is 25.6 Å². The van der Waals surface area contributed by atoms with Gasteiger partial charge in [0.05, 0.1) is 22.2 Å². The molecule has 0 N–H and O–H groups in total. The van der Waals surface area contributed by atoms with Gasteiger partial charge in [-0.3, -0.25) is 0 Å². The van der Waals surface area contributed by atoms with E-state index in [2.05, 4.69) is 29.6 Å². The second-order valence-electron chi connectivity index (χ2n) is 9.34. The molecule has 0 atom stereocenters. The van der Waals surface area contributed by atoms with Gasteiger partial charge in [0, 0.05) is 14.7 Å². The number of ether oxygens (including phenoxy) is 1. The summed E-state index contributed by atoms with van der Waals surface area (Å²) in [4.78, 5) is 8.52. The topological polar surface area (TPSA) is 58.4 Å². The number of hydrogen-bond donors (Lipinski definition) is 0. The highest BCUT2D eigenvalue weighted by molar-refractivity contribution is 6.76. The van der Waals surface area contributed by atoms with Gasteiger partial charge in [0.25, 0.3) is 0 Å². The van der Waals surface area contributed by atoms with Crippen LogP contribution in [0.2, 0.25) is 30.8 Å². The average molecular weight is 410 g/mol. The van der Waals surface area contributed by atoms with E-state index in [0.29, 0.717) is 11.9 Å². The standard InChI is InChI=1S/C18H29BClN3O3Si/c1-17(2)18(3,4)26-19(25-17)14-10-13-15(20)21-11-22-16(13)23(14)12-24-8-9-27(5,6)7/h10-11H,8-9,12H2,1-7H3. The smallest absolute Gasteiger partial charge is 0.398 e. The number of rotatable bonds is 6. The lowest BCUT2D eigenvalue weighted by Gasteiger charge is -2.32. The van der Waals surface area contributed by atoms with Crippen LogP contribution in [0.1, 0.15) is 27.7 Å². The fourth-order valence-electron chi connectivity index (χ4n) is 2.88. The fourth-order valence-corrected chi connectivity index (χ4v) is 3.82. The van der Waals surface area contributed by atoms with Gasteiger partial charge in [0.15, 0.2) is 0 Å². The third kappa shape index (κ3) is 4.24. The van der Waals surface area contributed by atoms with Crippen LogP contribution in [0.5, 0.6) is 0 Å². The highest BCUT2D eigenvalue weighted by Crippen LogP contribution is 2.37. The van der Waals surface area contributed by atoms with Crippen LogP contribution < -0.4 is 5.59 Å². The zero-order chi connectivity index (χ0) is 20.0. The normalized spacial score (nSPS) is 19.2. The molecule has 3 heterocycles. The number of hydrogen-bond acceptors (Lipinski definition) is 5. The van der Waals surface area contributed by atoms with Crippen molar-refractivity contribution >= 4 is 43.4 Å². The Bertz CT molecular complexity index is 819. The van der Waals surface area contributed by atoms with E-state index in [9.17, 15) is 0 Å². The molecule has 1 aliphatic heterocycles. The van der Waals surface area contributed by atoms with E-state index in [0.717, 1.165) is 29.3 Å². The Labute approximate surface area is 167 Å². The first-order valence-corrected chi connectivity index (χ1v) is 13.4. The van der Waals surface area contributed by atoms with Crippen LogP contribution in [0.3, 0.4) is 0 Å². The zero-order valence-electron chi connectivity index (χ0n) is 17.3. The Morgan fingerprint density at radius 2 is 1.78 bits per heavy atom. The lowest BCUT2D eigenvalue weighted by molar-refractivity contribution is 0.00578. The van der Waals surface area contributed by atoms with Crippen LogP contribution in [0.4, 0.5) is 0 Å². The first-order valence-electron chi connectivity index (χ1n) is 9.34. The number of aromatic nitrogens is 3. The van der Waals surface area contributed by atoms with Crippen LogP contribution in [0, 0.1) is 0 Å². The van der Waals surface area contributed by atoms with E-state index < -0.39 is 26.4 Å². The van der Waals surface area contributed by atoms with Gasteiger partial charge in [-0.15, -0.1) is 0 Å². The molecule has 3 rings (SSSR count). The second-order valence-corrected chi connectivity index (χ2v) is 15.3. The minimum absolute atomic E-state index is 0.376. The van der Waals surface area contributed by atoms with Crippen molar-refractivity contribution in [2.45, 2.75) is 71.3 Å². The number of nitrogens with zero attached hydrogens (tertiary/aromatic N) is 3. The number of fused-ring (bicyclic) bond motifs is 1. The monoisotopic (exact) mass is 409 g/mol. The molecule has 0 unspecified atom stereocenters. The molecule has 6 nitrogen and oxygen atoms in total. The summed E-state index contributed by atoms with van der Waals surface area (Å²) < 4.78 is 20.4. The highest BCUT2D eigenvalue weighted by Gasteiger charge is 2.53. The van der Waals surface area contributed by atoms with E-state index >= 15 is 0 Å². The van der Waals surface area contributed by atoms with Gasteiger partial charge in [0.1, 0.15) is 23.9 Å². The lowest BCUT2D eigenvalue weighted by Crippen LogP contribution is -2.41. The first kappa shape index (κ1) is 20.8. The Kier molecular flexibility index (Phi) is 5.51. The van der Waals surface area contributed by atoms with Crippen molar-refractivity contribution in [3.05, 3.63) is 17.5 Å². The van der Waals surface area contributed by atoms with Crippen LogP contribution in [-0.2, 0) is 20.8 Å². The Morgan fingerprint density at radius 1 is 1.15 bits per heavy atom. The van der Waals surface area contributed by atoms with Gasteiger partial charge in [-0.2, -0.15) is 0 Å². The molecule has 2 aromatic rings. The molecule has 27 heavy (non-hydrogen) atoms. The molecular formula is C18H29BClN3O3Si. The Morgan fingerprint density at radius 3 is 2.37 bits per heavy atom. The average Bonchev–Trinajstić information content (AvgIpc) is 2.99. The summed E-state index contributed by atoms with van der Waals surface area (Å²) in [5, 5.41) is 1.19. The predicted molar refractivity (Wildman–Crippen MR) is 112 cm³/mol. The Balaban J connectivity index is 1.91. The SMILES string of the molecule is CC1(C)OB(c2cc3c(Cl)ncnc3n2COCC[Si](C)(C)C)OC1(C)C. The zero-order valence-corrected chi connectivity index (χ0v) is 19.1. The van der Waals surface area contributed by atoms with Gasteiger partial charge in [-0.25, -0.2) is 9.97 Å². The molecule has 0 spiro atoms. The van der Waals surface area contributed by atoms with E-state index in [1.165, 1.54) is 6.33 Å². The molecule has 0 aliphatic carbocycles. The summed E-state index contributed by atoms with van der Waals surface area (Å²) >= 11 is 6.30. The summed E-state index contributed by atoms with van der Waals surface area (Å²) in [7, 11) is -1.66. The van der Waals surface area contributed by atoms with Crippen molar-refractivity contribution in [2.24, 2.45) is 0 Å². The largest absolute Gasteiger partial charge is 0.512 e. The second kappa shape index (κ2) is 7.15. The third-order valence-electron chi connectivity index (χ3n) is 5.39. The summed E-state index contributed by atoms with van der Waals surface area (Å²) in [6.45, 7) is 16.3. The third-order valence-corrected chi connectivity index (χ3v) is 7.39. The quantitative estimate of drug-likeness (QED) is 0.413. The molecule has 1 aliphatic rings. The lowest BCUT2D eigenvalue weighted by atomic mass is 9.84. The molecule has 1 fully saturated rings. The maximum Gasteiger partial charge on any atom is 0.512 e. The Hall–Kier alpha value is -0.928. The van der Waals surface area contributed by atoms with Crippen molar-refractivity contribution in [1.82, 2.24) is 14.5 Å². The number of halogens is 1. The summed E-state index contributed by atoms with van der Waals surface area (Å²) in [6.07, 6.45) is 1.47. The predicted octanol–water partition coefficient (Wildman–Crippen LogP) is 3.70. The van der Waals surface area contributed by atoms with Crippen molar-refractivity contribution in [2.75, 3.05) is 6.61 Å². The summed E-state index contributed by atoms with van der Waals surface area (Å²) in [6, 6.07) is 3.05. The molecule has 0 aromatic carbocycles. The first-order chi connectivity index (χ1) is 12.4. The molecule has 0 radical (unpaired) electrons. The van der Waals surface area contributed by atoms with Crippen LogP contribution in [0.15, 0.2) is 12.4 Å². The minimum Gasteiger partial charge on any atom is -0.398 e. The van der Waals surface area contributed by atoms with Gasteiger partial charge >= 0.3 is 7.12 Å². The van der Waals surface area contributed by atoms with Crippen molar-refractivity contribution < 1.29 is 14.0 Å². The molecule has 2 aromatic heterocycles. The van der Waals surface area contributed by atoms with E-state index in [1.54, 1.807) is 0 Å². The summed E-state index contributed by atoms with van der Waals surface area (Å²) in [5.74, 6) is 0. The van der Waals surface area contributed by atoms with Crippen molar-refractivity contribution in [1.29, 1.82) is 0 Å². The van der Waals surface area contributed by atoms with E-state index in [1.807, 2.05) is 38.3 Å². The molecule has 0 saturated carbocycles. The summed E-state index contributed by atoms with van der Waals surface area (Å²) in [5.41, 5.74) is 0.729. The van der Waals surface area contributed by atoms with Gasteiger partial charge in [-0.1, -0.05) is 31.2 Å². The van der Waals surface area contributed by atoms with Crippen LogP contribution >= 0.6 is 11.6 Å². The van der Waals surface area contributed by atoms with Gasteiger partial charge in [-0.05, 0) is 39.8 Å². The van der Waals surface area contributed by atoms with Crippen LogP contribution in [0.25, 0.3) is 11.0 Å².